The minimum absolute atomic E-state index is 0.740. The lowest BCUT2D eigenvalue weighted by atomic mass is 10.2. The molecule has 0 fully saturated rings. The Kier molecular flexibility index (Phi) is 4.24. The molecule has 0 aliphatic rings. The third kappa shape index (κ3) is 3.03. The van der Waals surface area contributed by atoms with Crippen molar-refractivity contribution in [1.82, 2.24) is 19.5 Å². The summed E-state index contributed by atoms with van der Waals surface area (Å²) in [5, 5.41) is 0.982. The summed E-state index contributed by atoms with van der Waals surface area (Å²) in [5.41, 5.74) is 5.98. The van der Waals surface area contributed by atoms with E-state index in [-0.39, 0.29) is 0 Å². The van der Waals surface area contributed by atoms with Crippen LogP contribution in [0.15, 0.2) is 66.3 Å². The number of rotatable bonds is 5. The fourth-order valence-electron chi connectivity index (χ4n) is 2.86. The van der Waals surface area contributed by atoms with Gasteiger partial charge in [-0.2, -0.15) is 0 Å². The van der Waals surface area contributed by atoms with Crippen LogP contribution in [0.3, 0.4) is 0 Å². The van der Waals surface area contributed by atoms with Crippen molar-refractivity contribution in [3.05, 3.63) is 72.6 Å². The Morgan fingerprint density at radius 3 is 2.40 bits per heavy atom. The Hall–Kier alpha value is -2.66. The van der Waals surface area contributed by atoms with E-state index in [4.69, 9.17) is 9.97 Å². The number of fused-ring (bicyclic) bond motifs is 2. The van der Waals surface area contributed by atoms with E-state index in [0.29, 0.717) is 0 Å². The van der Waals surface area contributed by atoms with Gasteiger partial charge >= 0.3 is 0 Å². The molecule has 0 saturated heterocycles. The molecule has 4 rings (SSSR count). The van der Waals surface area contributed by atoms with Crippen LogP contribution < -0.4 is 0 Å². The van der Waals surface area contributed by atoms with Crippen LogP contribution in [0.4, 0.5) is 0 Å². The van der Waals surface area contributed by atoms with Crippen LogP contribution in [-0.4, -0.2) is 19.5 Å². The number of hydrogen-bond acceptors (Lipinski definition) is 4. The molecule has 124 valence electrons. The zero-order chi connectivity index (χ0) is 17.2. The number of imidazole rings is 1. The summed E-state index contributed by atoms with van der Waals surface area (Å²) in [7, 11) is 0. The van der Waals surface area contributed by atoms with Crippen LogP contribution in [-0.2, 0) is 12.3 Å². The Labute approximate surface area is 150 Å². The van der Waals surface area contributed by atoms with Crippen molar-refractivity contribution < 1.29 is 0 Å². The van der Waals surface area contributed by atoms with Crippen molar-refractivity contribution in [2.24, 2.45) is 0 Å². The highest BCUT2D eigenvalue weighted by Gasteiger charge is 2.12. The lowest BCUT2D eigenvalue weighted by Gasteiger charge is -2.08. The zero-order valence-corrected chi connectivity index (χ0v) is 14.8. The van der Waals surface area contributed by atoms with E-state index in [1.165, 1.54) is 0 Å². The standard InChI is InChI=1S/C20H18N4S/c1-3-12-24-19-11-7-6-10-17(19)23-20(24)25-13-18-14(2)21-15-8-4-5-9-16(15)22-18/h3-11H,1,12-13H2,2H3. The molecule has 0 unspecified atom stereocenters. The van der Waals surface area contributed by atoms with E-state index >= 15 is 0 Å². The maximum Gasteiger partial charge on any atom is 0.169 e. The van der Waals surface area contributed by atoms with Gasteiger partial charge in [-0.05, 0) is 31.2 Å². The van der Waals surface area contributed by atoms with Crippen molar-refractivity contribution in [1.29, 1.82) is 0 Å². The van der Waals surface area contributed by atoms with E-state index in [0.717, 1.165) is 50.9 Å². The van der Waals surface area contributed by atoms with Crippen molar-refractivity contribution in [2.75, 3.05) is 0 Å². The SMILES string of the molecule is C=CCn1c(SCc2nc3ccccc3nc2C)nc2ccccc21. The van der Waals surface area contributed by atoms with E-state index in [2.05, 4.69) is 22.2 Å². The summed E-state index contributed by atoms with van der Waals surface area (Å²) in [4.78, 5) is 14.2. The van der Waals surface area contributed by atoms with Gasteiger partial charge in [-0.25, -0.2) is 15.0 Å². The molecule has 0 aliphatic carbocycles. The number of allylic oxidation sites excluding steroid dienone is 1. The molecule has 4 nitrogen and oxygen atoms in total. The first-order valence-electron chi connectivity index (χ1n) is 8.17. The first-order valence-corrected chi connectivity index (χ1v) is 9.16. The smallest absolute Gasteiger partial charge is 0.169 e. The quantitative estimate of drug-likeness (QED) is 0.386. The van der Waals surface area contributed by atoms with Gasteiger partial charge in [0, 0.05) is 12.3 Å². The molecule has 0 amide bonds. The predicted octanol–water partition coefficient (Wildman–Crippen LogP) is 4.77. The third-order valence-electron chi connectivity index (χ3n) is 4.11. The van der Waals surface area contributed by atoms with E-state index in [1.807, 2.05) is 55.5 Å². The van der Waals surface area contributed by atoms with Crippen LogP contribution in [0.25, 0.3) is 22.1 Å². The van der Waals surface area contributed by atoms with Crippen molar-refractivity contribution in [3.8, 4) is 0 Å². The normalized spacial score (nSPS) is 11.2. The highest BCUT2D eigenvalue weighted by Crippen LogP contribution is 2.27. The number of thioether (sulfide) groups is 1. The number of benzene rings is 2. The van der Waals surface area contributed by atoms with Crippen molar-refractivity contribution in [2.45, 2.75) is 24.4 Å². The maximum atomic E-state index is 4.78. The summed E-state index contributed by atoms with van der Waals surface area (Å²) in [6, 6.07) is 16.2. The second-order valence-electron chi connectivity index (χ2n) is 5.82. The van der Waals surface area contributed by atoms with Crippen molar-refractivity contribution >= 4 is 33.8 Å². The topological polar surface area (TPSA) is 43.6 Å². The fourth-order valence-corrected chi connectivity index (χ4v) is 3.89. The van der Waals surface area contributed by atoms with Gasteiger partial charge in [0.15, 0.2) is 5.16 Å². The van der Waals surface area contributed by atoms with Crippen LogP contribution in [0.2, 0.25) is 0 Å². The Balaban J connectivity index is 1.67. The molecule has 2 aromatic heterocycles. The first kappa shape index (κ1) is 15.8. The summed E-state index contributed by atoms with van der Waals surface area (Å²) in [6.45, 7) is 6.63. The molecule has 0 spiro atoms. The van der Waals surface area contributed by atoms with Gasteiger partial charge in [0.05, 0.1) is 33.5 Å². The predicted molar refractivity (Wildman–Crippen MR) is 104 cm³/mol. The Morgan fingerprint density at radius 2 is 1.64 bits per heavy atom. The molecule has 25 heavy (non-hydrogen) atoms. The highest BCUT2D eigenvalue weighted by atomic mass is 32.2. The second-order valence-corrected chi connectivity index (χ2v) is 6.76. The number of aromatic nitrogens is 4. The van der Waals surface area contributed by atoms with Crippen LogP contribution >= 0.6 is 11.8 Å². The average Bonchev–Trinajstić information content (AvgIpc) is 2.98. The minimum atomic E-state index is 0.740. The van der Waals surface area contributed by atoms with Crippen LogP contribution in [0.5, 0.6) is 0 Å². The number of para-hydroxylation sites is 4. The van der Waals surface area contributed by atoms with E-state index < -0.39 is 0 Å². The molecule has 0 atom stereocenters. The zero-order valence-electron chi connectivity index (χ0n) is 14.0. The lowest BCUT2D eigenvalue weighted by molar-refractivity contribution is 0.748. The summed E-state index contributed by atoms with van der Waals surface area (Å²) in [6.07, 6.45) is 1.90. The van der Waals surface area contributed by atoms with Crippen LogP contribution in [0.1, 0.15) is 11.4 Å². The maximum absolute atomic E-state index is 4.78. The minimum Gasteiger partial charge on any atom is -0.315 e. The Morgan fingerprint density at radius 1 is 0.960 bits per heavy atom. The molecule has 0 N–H and O–H groups in total. The molecule has 0 saturated carbocycles. The van der Waals surface area contributed by atoms with Gasteiger partial charge in [-0.3, -0.25) is 0 Å². The van der Waals surface area contributed by atoms with Crippen LogP contribution in [0, 0.1) is 6.92 Å². The lowest BCUT2D eigenvalue weighted by Crippen LogP contribution is -2.00. The van der Waals surface area contributed by atoms with Gasteiger partial charge < -0.3 is 4.57 Å². The molecule has 0 bridgehead atoms. The Bertz CT molecular complexity index is 1070. The summed E-state index contributed by atoms with van der Waals surface area (Å²) in [5.74, 6) is 0.740. The first-order chi connectivity index (χ1) is 12.3. The monoisotopic (exact) mass is 346 g/mol. The van der Waals surface area contributed by atoms with E-state index in [1.54, 1.807) is 11.8 Å². The molecule has 0 aliphatic heterocycles. The fraction of sp³-hybridized carbons (Fsp3) is 0.150. The molecule has 2 aromatic carbocycles. The van der Waals surface area contributed by atoms with Gasteiger partial charge in [-0.1, -0.05) is 42.1 Å². The number of nitrogens with zero attached hydrogens (tertiary/aromatic N) is 4. The molecule has 4 aromatic rings. The summed E-state index contributed by atoms with van der Waals surface area (Å²) < 4.78 is 2.19. The van der Waals surface area contributed by atoms with Gasteiger partial charge in [0.25, 0.3) is 0 Å². The molecule has 2 heterocycles. The third-order valence-corrected chi connectivity index (χ3v) is 5.10. The largest absolute Gasteiger partial charge is 0.315 e. The molecule has 5 heteroatoms. The molecule has 0 radical (unpaired) electrons. The van der Waals surface area contributed by atoms with Gasteiger partial charge in [0.1, 0.15) is 0 Å². The average molecular weight is 346 g/mol. The van der Waals surface area contributed by atoms with E-state index in [9.17, 15) is 0 Å². The number of hydrogen-bond donors (Lipinski definition) is 0. The molecular formula is C20H18N4S. The van der Waals surface area contributed by atoms with Crippen molar-refractivity contribution in [3.63, 3.8) is 0 Å². The number of aryl methyl sites for hydroxylation is 1. The molecular weight excluding hydrogens is 328 g/mol. The second kappa shape index (κ2) is 6.69. The van der Waals surface area contributed by atoms with Gasteiger partial charge in [-0.15, -0.1) is 6.58 Å². The summed E-state index contributed by atoms with van der Waals surface area (Å²) >= 11 is 1.69. The highest BCUT2D eigenvalue weighted by molar-refractivity contribution is 7.98. The van der Waals surface area contributed by atoms with Gasteiger partial charge in [0.2, 0.25) is 0 Å².